The molecular weight excluding hydrogens is 242 g/mol. The number of nitrogens with one attached hydrogen (secondary N) is 2. The minimum Gasteiger partial charge on any atom is -0.408 e. The van der Waals surface area contributed by atoms with Crippen LogP contribution < -0.4 is 16.8 Å². The number of hydrogen-bond donors (Lipinski definition) is 3. The van der Waals surface area contributed by atoms with Crippen molar-refractivity contribution in [3.8, 4) is 0 Å². The van der Waals surface area contributed by atoms with Gasteiger partial charge in [-0.3, -0.25) is 4.98 Å². The fourth-order valence-electron chi connectivity index (χ4n) is 2.37. The summed E-state index contributed by atoms with van der Waals surface area (Å²) in [5.74, 6) is -0.399. The normalized spacial score (nSPS) is 16.9. The first-order valence-corrected chi connectivity index (χ1v) is 6.73. The van der Waals surface area contributed by atoms with Crippen LogP contribution in [0.25, 0.3) is 11.1 Å². The van der Waals surface area contributed by atoms with Crippen LogP contribution in [-0.2, 0) is 6.42 Å². The van der Waals surface area contributed by atoms with Crippen LogP contribution >= 0.6 is 0 Å². The highest BCUT2D eigenvalue weighted by Crippen LogP contribution is 2.43. The predicted molar refractivity (Wildman–Crippen MR) is 74.1 cm³/mol. The van der Waals surface area contributed by atoms with Crippen molar-refractivity contribution in [1.29, 1.82) is 0 Å². The number of benzene rings is 1. The number of H-pyrrole nitrogens is 1. The molecule has 1 fully saturated rings. The van der Waals surface area contributed by atoms with Crippen LogP contribution in [0.4, 0.5) is 0 Å². The Morgan fingerprint density at radius 3 is 3.00 bits per heavy atom. The molecule has 0 saturated heterocycles. The van der Waals surface area contributed by atoms with E-state index in [0.717, 1.165) is 31.6 Å². The van der Waals surface area contributed by atoms with E-state index in [1.807, 2.05) is 18.2 Å². The van der Waals surface area contributed by atoms with Crippen LogP contribution in [0.3, 0.4) is 0 Å². The SMILES string of the molecule is NCC1(CNCCc2ccc3oc(=O)[nH]c3c2)CC1. The molecule has 0 radical (unpaired) electrons. The van der Waals surface area contributed by atoms with Crippen molar-refractivity contribution in [2.45, 2.75) is 19.3 Å². The van der Waals surface area contributed by atoms with Gasteiger partial charge in [0.05, 0.1) is 5.52 Å². The van der Waals surface area contributed by atoms with Crippen LogP contribution in [0.2, 0.25) is 0 Å². The quantitative estimate of drug-likeness (QED) is 0.677. The molecule has 1 aromatic carbocycles. The van der Waals surface area contributed by atoms with Crippen molar-refractivity contribution in [3.63, 3.8) is 0 Å². The van der Waals surface area contributed by atoms with Gasteiger partial charge in [-0.25, -0.2) is 4.79 Å². The van der Waals surface area contributed by atoms with E-state index in [2.05, 4.69) is 10.3 Å². The van der Waals surface area contributed by atoms with Gasteiger partial charge in [0.25, 0.3) is 0 Å². The zero-order valence-corrected chi connectivity index (χ0v) is 10.9. The molecule has 1 aliphatic rings. The molecule has 0 bridgehead atoms. The third-order valence-electron chi connectivity index (χ3n) is 3.96. The second-order valence-corrected chi connectivity index (χ2v) is 5.48. The summed E-state index contributed by atoms with van der Waals surface area (Å²) >= 11 is 0. The average Bonchev–Trinajstić information content (AvgIpc) is 3.09. The van der Waals surface area contributed by atoms with Crippen molar-refractivity contribution in [3.05, 3.63) is 34.3 Å². The molecule has 0 amide bonds. The first kappa shape index (κ1) is 12.4. The van der Waals surface area contributed by atoms with Gasteiger partial charge in [0.1, 0.15) is 0 Å². The third-order valence-corrected chi connectivity index (χ3v) is 3.96. The van der Waals surface area contributed by atoms with Crippen LogP contribution in [0.1, 0.15) is 18.4 Å². The lowest BCUT2D eigenvalue weighted by Gasteiger charge is -2.13. The number of hydrogen-bond acceptors (Lipinski definition) is 4. The van der Waals surface area contributed by atoms with Gasteiger partial charge in [-0.05, 0) is 55.5 Å². The highest BCUT2D eigenvalue weighted by Gasteiger charge is 2.40. The summed E-state index contributed by atoms with van der Waals surface area (Å²) in [7, 11) is 0. The van der Waals surface area contributed by atoms with E-state index in [1.54, 1.807) is 0 Å². The molecule has 3 rings (SSSR count). The lowest BCUT2D eigenvalue weighted by molar-refractivity contribution is 0.470. The van der Waals surface area contributed by atoms with Crippen molar-refractivity contribution >= 4 is 11.1 Å². The molecule has 2 aromatic rings. The van der Waals surface area contributed by atoms with Gasteiger partial charge >= 0.3 is 5.76 Å². The van der Waals surface area contributed by atoms with Crippen molar-refractivity contribution in [2.24, 2.45) is 11.1 Å². The first-order valence-electron chi connectivity index (χ1n) is 6.73. The molecule has 5 nitrogen and oxygen atoms in total. The largest absolute Gasteiger partial charge is 0.417 e. The molecule has 102 valence electrons. The Kier molecular flexibility index (Phi) is 3.16. The maximum absolute atomic E-state index is 11.1. The maximum Gasteiger partial charge on any atom is 0.417 e. The van der Waals surface area contributed by atoms with Crippen molar-refractivity contribution in [2.75, 3.05) is 19.6 Å². The standard InChI is InChI=1S/C14H19N3O2/c15-8-14(4-5-14)9-16-6-3-10-1-2-12-11(7-10)17-13(18)19-12/h1-2,7,16H,3-6,8-9,15H2,(H,17,18). The number of nitrogens with two attached hydrogens (primary N) is 1. The van der Waals surface area contributed by atoms with E-state index < -0.39 is 5.76 Å². The molecule has 0 spiro atoms. The smallest absolute Gasteiger partial charge is 0.408 e. The summed E-state index contributed by atoms with van der Waals surface area (Å²) in [4.78, 5) is 13.7. The van der Waals surface area contributed by atoms with Gasteiger partial charge in [-0.15, -0.1) is 0 Å². The molecule has 1 heterocycles. The molecule has 4 N–H and O–H groups in total. The zero-order chi connectivity index (χ0) is 13.3. The van der Waals surface area contributed by atoms with E-state index in [1.165, 1.54) is 18.4 Å². The molecule has 5 heteroatoms. The van der Waals surface area contributed by atoms with Gasteiger partial charge < -0.3 is 15.5 Å². The van der Waals surface area contributed by atoms with Gasteiger partial charge in [-0.1, -0.05) is 6.07 Å². The Balaban J connectivity index is 1.55. The number of aromatic nitrogens is 1. The van der Waals surface area contributed by atoms with E-state index >= 15 is 0 Å². The molecule has 19 heavy (non-hydrogen) atoms. The Morgan fingerprint density at radius 2 is 2.26 bits per heavy atom. The van der Waals surface area contributed by atoms with Crippen LogP contribution in [-0.4, -0.2) is 24.6 Å². The number of oxazole rings is 1. The second kappa shape index (κ2) is 4.83. The highest BCUT2D eigenvalue weighted by atomic mass is 16.4. The Morgan fingerprint density at radius 1 is 1.42 bits per heavy atom. The summed E-state index contributed by atoms with van der Waals surface area (Å²) in [6.45, 7) is 2.71. The number of aromatic amines is 1. The average molecular weight is 261 g/mol. The fraction of sp³-hybridized carbons (Fsp3) is 0.500. The van der Waals surface area contributed by atoms with Gasteiger partial charge in [0, 0.05) is 6.54 Å². The molecule has 1 aliphatic carbocycles. The fourth-order valence-corrected chi connectivity index (χ4v) is 2.37. The third kappa shape index (κ3) is 2.72. The lowest BCUT2D eigenvalue weighted by Crippen LogP contribution is -2.30. The predicted octanol–water partition coefficient (Wildman–Crippen LogP) is 0.992. The van der Waals surface area contributed by atoms with E-state index in [4.69, 9.17) is 10.2 Å². The highest BCUT2D eigenvalue weighted by molar-refractivity contribution is 5.72. The summed E-state index contributed by atoms with van der Waals surface area (Å²) in [6, 6.07) is 5.80. The summed E-state index contributed by atoms with van der Waals surface area (Å²) in [6.07, 6.45) is 3.43. The van der Waals surface area contributed by atoms with E-state index in [9.17, 15) is 4.79 Å². The molecular formula is C14H19N3O2. The number of rotatable bonds is 6. The van der Waals surface area contributed by atoms with Crippen molar-refractivity contribution in [1.82, 2.24) is 10.3 Å². The second-order valence-electron chi connectivity index (χ2n) is 5.48. The topological polar surface area (TPSA) is 84.0 Å². The minimum absolute atomic E-state index is 0.375. The van der Waals surface area contributed by atoms with Gasteiger partial charge in [0.2, 0.25) is 0 Å². The monoisotopic (exact) mass is 261 g/mol. The molecule has 0 aliphatic heterocycles. The van der Waals surface area contributed by atoms with Gasteiger partial charge in [0.15, 0.2) is 5.58 Å². The van der Waals surface area contributed by atoms with Crippen LogP contribution in [0.15, 0.2) is 27.4 Å². The van der Waals surface area contributed by atoms with Crippen LogP contribution in [0.5, 0.6) is 0 Å². The minimum atomic E-state index is -0.399. The van der Waals surface area contributed by atoms with E-state index in [0.29, 0.717) is 11.0 Å². The maximum atomic E-state index is 11.1. The lowest BCUT2D eigenvalue weighted by atomic mass is 10.1. The summed E-state index contributed by atoms with van der Waals surface area (Å²) in [5, 5.41) is 3.47. The number of fused-ring (bicyclic) bond motifs is 1. The summed E-state index contributed by atoms with van der Waals surface area (Å²) in [5.41, 5.74) is 8.69. The Hall–Kier alpha value is -1.59. The summed E-state index contributed by atoms with van der Waals surface area (Å²) < 4.78 is 4.98. The zero-order valence-electron chi connectivity index (χ0n) is 10.9. The van der Waals surface area contributed by atoms with E-state index in [-0.39, 0.29) is 0 Å². The molecule has 0 atom stereocenters. The van der Waals surface area contributed by atoms with Crippen LogP contribution in [0, 0.1) is 5.41 Å². The Bertz CT molecular complexity index is 625. The Labute approximate surface area is 111 Å². The first-order chi connectivity index (χ1) is 9.21. The molecule has 0 unspecified atom stereocenters. The van der Waals surface area contributed by atoms with Crippen molar-refractivity contribution < 1.29 is 4.42 Å². The molecule has 1 aromatic heterocycles. The molecule has 1 saturated carbocycles. The van der Waals surface area contributed by atoms with Gasteiger partial charge in [-0.2, -0.15) is 0 Å².